The Morgan fingerprint density at radius 1 is 1.29 bits per heavy atom. The van der Waals surface area contributed by atoms with Gasteiger partial charge in [0.15, 0.2) is 0 Å². The van der Waals surface area contributed by atoms with E-state index in [0.717, 1.165) is 30.0 Å². The van der Waals surface area contributed by atoms with Gasteiger partial charge in [0.25, 0.3) is 0 Å². The molecule has 2 unspecified atom stereocenters. The molecule has 0 aliphatic carbocycles. The van der Waals surface area contributed by atoms with Gasteiger partial charge in [-0.3, -0.25) is 0 Å². The fourth-order valence-electron chi connectivity index (χ4n) is 2.33. The van der Waals surface area contributed by atoms with E-state index in [1.165, 1.54) is 11.1 Å². The Morgan fingerprint density at radius 3 is 2.53 bits per heavy atom. The number of benzene rings is 1. The first-order chi connectivity index (χ1) is 7.94. The van der Waals surface area contributed by atoms with Crippen LogP contribution in [0.2, 0.25) is 5.02 Å². The zero-order chi connectivity index (χ0) is 12.6. The van der Waals surface area contributed by atoms with Crippen LogP contribution in [0.25, 0.3) is 0 Å². The lowest BCUT2D eigenvalue weighted by atomic mass is 9.91. The molecule has 1 aliphatic heterocycles. The highest BCUT2D eigenvalue weighted by Crippen LogP contribution is 2.44. The zero-order valence-corrected chi connectivity index (χ0v) is 12.0. The molecule has 94 valence electrons. The lowest BCUT2D eigenvalue weighted by Gasteiger charge is -2.30. The topological polar surface area (TPSA) is 9.23 Å². The zero-order valence-electron chi connectivity index (χ0n) is 10.5. The molecule has 0 radical (unpaired) electrons. The van der Waals surface area contributed by atoms with E-state index in [1.54, 1.807) is 0 Å². The largest absolute Gasteiger partial charge is 0.373 e. The summed E-state index contributed by atoms with van der Waals surface area (Å²) >= 11 is 12.9. The van der Waals surface area contributed by atoms with Gasteiger partial charge in [-0.05, 0) is 56.4 Å². The Morgan fingerprint density at radius 2 is 1.94 bits per heavy atom. The molecule has 0 saturated carbocycles. The van der Waals surface area contributed by atoms with E-state index in [0.29, 0.717) is 0 Å². The summed E-state index contributed by atoms with van der Waals surface area (Å²) in [5, 5.41) is 0.557. The summed E-state index contributed by atoms with van der Waals surface area (Å²) < 4.78 is 5.79. The average molecular weight is 273 g/mol. The number of rotatable bonds is 2. The molecule has 17 heavy (non-hydrogen) atoms. The number of aryl methyl sites for hydroxylation is 2. The standard InChI is InChI=1S/C14H18Cl2O/c1-9-7-11(12(15)8-10(9)2)13(16)14(3)5-4-6-17-14/h7-8,13H,4-6H2,1-3H3. The maximum Gasteiger partial charge on any atom is 0.0887 e. The van der Waals surface area contributed by atoms with E-state index >= 15 is 0 Å². The average Bonchev–Trinajstić information content (AvgIpc) is 2.71. The summed E-state index contributed by atoms with van der Waals surface area (Å²) in [6, 6.07) is 4.07. The molecule has 1 aromatic rings. The Hall–Kier alpha value is -0.240. The number of halogens is 2. The minimum atomic E-state index is -0.285. The van der Waals surface area contributed by atoms with Crippen LogP contribution in [0.15, 0.2) is 12.1 Å². The predicted octanol–water partition coefficient (Wildman–Crippen LogP) is 4.81. The van der Waals surface area contributed by atoms with Crippen LogP contribution in [0.3, 0.4) is 0 Å². The second kappa shape index (κ2) is 4.79. The summed E-state index contributed by atoms with van der Waals surface area (Å²) in [7, 11) is 0. The molecular weight excluding hydrogens is 255 g/mol. The van der Waals surface area contributed by atoms with Gasteiger partial charge in [0.2, 0.25) is 0 Å². The van der Waals surface area contributed by atoms with Crippen molar-refractivity contribution in [3.8, 4) is 0 Å². The quantitative estimate of drug-likeness (QED) is 0.703. The summed E-state index contributed by atoms with van der Waals surface area (Å²) in [5.74, 6) is 0. The fraction of sp³-hybridized carbons (Fsp3) is 0.571. The van der Waals surface area contributed by atoms with Gasteiger partial charge in [-0.15, -0.1) is 11.6 Å². The molecule has 2 atom stereocenters. The molecule has 1 aromatic carbocycles. The van der Waals surface area contributed by atoms with Crippen LogP contribution in [0.1, 0.15) is 41.8 Å². The Bertz CT molecular complexity index is 422. The van der Waals surface area contributed by atoms with Gasteiger partial charge >= 0.3 is 0 Å². The van der Waals surface area contributed by atoms with E-state index in [4.69, 9.17) is 27.9 Å². The maximum atomic E-state index is 6.57. The van der Waals surface area contributed by atoms with E-state index in [9.17, 15) is 0 Å². The molecule has 0 bridgehead atoms. The highest BCUT2D eigenvalue weighted by molar-refractivity contribution is 6.33. The number of ether oxygens (including phenoxy) is 1. The molecule has 0 amide bonds. The Balaban J connectivity index is 2.36. The molecular formula is C14H18Cl2O. The van der Waals surface area contributed by atoms with Gasteiger partial charge in [-0.25, -0.2) is 0 Å². The fourth-order valence-corrected chi connectivity index (χ4v) is 3.06. The minimum Gasteiger partial charge on any atom is -0.373 e. The van der Waals surface area contributed by atoms with Crippen LogP contribution in [-0.2, 0) is 4.74 Å². The van der Waals surface area contributed by atoms with Crippen molar-refractivity contribution < 1.29 is 4.74 Å². The number of hydrogen-bond donors (Lipinski definition) is 0. The molecule has 1 saturated heterocycles. The lowest BCUT2D eigenvalue weighted by molar-refractivity contribution is 0.0164. The van der Waals surface area contributed by atoms with Crippen molar-refractivity contribution in [2.24, 2.45) is 0 Å². The number of hydrogen-bond acceptors (Lipinski definition) is 1. The third-order valence-corrected chi connectivity index (χ3v) is 4.70. The van der Waals surface area contributed by atoms with Crippen LogP contribution in [0.4, 0.5) is 0 Å². The van der Waals surface area contributed by atoms with Crippen molar-refractivity contribution in [1.29, 1.82) is 0 Å². The summed E-state index contributed by atoms with van der Waals surface area (Å²) in [6.07, 6.45) is 2.06. The Kier molecular flexibility index (Phi) is 3.72. The minimum absolute atomic E-state index is 0.184. The SMILES string of the molecule is Cc1cc(Cl)c(C(Cl)C2(C)CCCO2)cc1C. The van der Waals surface area contributed by atoms with Gasteiger partial charge in [0.05, 0.1) is 11.0 Å². The third kappa shape index (κ3) is 2.47. The Labute approximate surface area is 113 Å². The summed E-state index contributed by atoms with van der Waals surface area (Å²) in [4.78, 5) is 0. The molecule has 1 heterocycles. The van der Waals surface area contributed by atoms with Crippen molar-refractivity contribution in [2.75, 3.05) is 6.61 Å². The van der Waals surface area contributed by atoms with Crippen LogP contribution >= 0.6 is 23.2 Å². The summed E-state index contributed by atoms with van der Waals surface area (Å²) in [5.41, 5.74) is 3.12. The molecule has 1 fully saturated rings. The molecule has 0 spiro atoms. The lowest BCUT2D eigenvalue weighted by Crippen LogP contribution is -2.29. The van der Waals surface area contributed by atoms with Crippen molar-refractivity contribution >= 4 is 23.2 Å². The van der Waals surface area contributed by atoms with Crippen molar-refractivity contribution in [2.45, 2.75) is 44.6 Å². The van der Waals surface area contributed by atoms with E-state index < -0.39 is 0 Å². The molecule has 2 rings (SSSR count). The van der Waals surface area contributed by atoms with Crippen molar-refractivity contribution in [1.82, 2.24) is 0 Å². The van der Waals surface area contributed by atoms with Crippen LogP contribution in [0, 0.1) is 13.8 Å². The smallest absolute Gasteiger partial charge is 0.0887 e. The van der Waals surface area contributed by atoms with Crippen molar-refractivity contribution in [3.05, 3.63) is 33.8 Å². The van der Waals surface area contributed by atoms with Gasteiger partial charge in [-0.1, -0.05) is 17.7 Å². The van der Waals surface area contributed by atoms with Crippen molar-refractivity contribution in [3.63, 3.8) is 0 Å². The molecule has 1 aliphatic rings. The molecule has 0 N–H and O–H groups in total. The second-order valence-corrected chi connectivity index (χ2v) is 5.93. The first-order valence-corrected chi connectivity index (χ1v) is 6.80. The predicted molar refractivity (Wildman–Crippen MR) is 73.1 cm³/mol. The maximum absolute atomic E-state index is 6.57. The first-order valence-electron chi connectivity index (χ1n) is 5.99. The van der Waals surface area contributed by atoms with Gasteiger partial charge < -0.3 is 4.74 Å². The molecule has 1 nitrogen and oxygen atoms in total. The van der Waals surface area contributed by atoms with E-state index in [2.05, 4.69) is 26.8 Å². The monoisotopic (exact) mass is 272 g/mol. The van der Waals surface area contributed by atoms with E-state index in [-0.39, 0.29) is 11.0 Å². The van der Waals surface area contributed by atoms with Gasteiger partial charge in [0, 0.05) is 11.6 Å². The van der Waals surface area contributed by atoms with Crippen LogP contribution < -0.4 is 0 Å². The van der Waals surface area contributed by atoms with Crippen LogP contribution in [-0.4, -0.2) is 12.2 Å². The second-order valence-electron chi connectivity index (χ2n) is 5.09. The first kappa shape index (κ1) is 13.2. The highest BCUT2D eigenvalue weighted by Gasteiger charge is 2.39. The molecule has 0 aromatic heterocycles. The van der Waals surface area contributed by atoms with Crippen LogP contribution in [0.5, 0.6) is 0 Å². The van der Waals surface area contributed by atoms with Gasteiger partial charge in [-0.2, -0.15) is 0 Å². The molecule has 3 heteroatoms. The van der Waals surface area contributed by atoms with E-state index in [1.807, 2.05) is 6.07 Å². The normalized spacial score (nSPS) is 26.2. The highest BCUT2D eigenvalue weighted by atomic mass is 35.5. The van der Waals surface area contributed by atoms with Gasteiger partial charge in [0.1, 0.15) is 0 Å². The third-order valence-electron chi connectivity index (χ3n) is 3.67. The number of alkyl halides is 1. The summed E-state index contributed by atoms with van der Waals surface area (Å²) in [6.45, 7) is 7.00.